The van der Waals surface area contributed by atoms with Crippen LogP contribution in [0.15, 0.2) is 28.1 Å². The largest absolute Gasteiger partial charge is 0.496 e. The first kappa shape index (κ1) is 14.2. The van der Waals surface area contributed by atoms with Crippen molar-refractivity contribution in [2.24, 2.45) is 0 Å². The predicted octanol–water partition coefficient (Wildman–Crippen LogP) is 5.81. The number of rotatable bonds is 3. The minimum Gasteiger partial charge on any atom is -0.496 e. The predicted molar refractivity (Wildman–Crippen MR) is 82.5 cm³/mol. The van der Waals surface area contributed by atoms with Crippen molar-refractivity contribution in [3.05, 3.63) is 49.1 Å². The van der Waals surface area contributed by atoms with Crippen LogP contribution in [-0.4, -0.2) is 7.11 Å². The topological polar surface area (TPSA) is 9.23 Å². The van der Waals surface area contributed by atoms with Gasteiger partial charge in [0.2, 0.25) is 0 Å². The standard InChI is InChI=1S/C13H11BrCl2OS/c1-7-3-4-8(5-10(7)17-2)12(16)11-6-9(15)13(14)18-11/h3-6,12H,1-2H3. The Hall–Kier alpha value is -0.220. The molecule has 1 aromatic carbocycles. The molecule has 0 saturated carbocycles. The Morgan fingerprint density at radius 2 is 2.06 bits per heavy atom. The third-order valence-electron chi connectivity index (χ3n) is 2.64. The van der Waals surface area contributed by atoms with Crippen LogP contribution < -0.4 is 4.74 Å². The van der Waals surface area contributed by atoms with Crippen molar-refractivity contribution in [2.75, 3.05) is 7.11 Å². The molecule has 5 heteroatoms. The summed E-state index contributed by atoms with van der Waals surface area (Å²) < 4.78 is 6.22. The van der Waals surface area contributed by atoms with Crippen LogP contribution in [0.5, 0.6) is 5.75 Å². The van der Waals surface area contributed by atoms with Crippen LogP contribution in [0.2, 0.25) is 5.02 Å². The van der Waals surface area contributed by atoms with Crippen LogP contribution in [0.1, 0.15) is 21.4 Å². The van der Waals surface area contributed by atoms with E-state index in [0.29, 0.717) is 5.02 Å². The molecule has 0 amide bonds. The number of halogens is 3. The molecular formula is C13H11BrCl2OS. The lowest BCUT2D eigenvalue weighted by Crippen LogP contribution is -1.93. The fraction of sp³-hybridized carbons (Fsp3) is 0.231. The molecule has 1 aromatic heterocycles. The van der Waals surface area contributed by atoms with Crippen LogP contribution in [0.4, 0.5) is 0 Å². The van der Waals surface area contributed by atoms with Crippen molar-refractivity contribution in [3.8, 4) is 5.75 Å². The maximum Gasteiger partial charge on any atom is 0.122 e. The first-order valence-corrected chi connectivity index (χ1v) is 7.68. The van der Waals surface area contributed by atoms with E-state index in [9.17, 15) is 0 Å². The second-order valence-corrected chi connectivity index (χ2v) is 7.11. The van der Waals surface area contributed by atoms with Gasteiger partial charge in [-0.15, -0.1) is 22.9 Å². The fourth-order valence-corrected chi connectivity index (χ4v) is 3.73. The Morgan fingerprint density at radius 3 is 2.61 bits per heavy atom. The average molecular weight is 366 g/mol. The highest BCUT2D eigenvalue weighted by Crippen LogP contribution is 2.41. The monoisotopic (exact) mass is 364 g/mol. The van der Waals surface area contributed by atoms with E-state index in [0.717, 1.165) is 25.5 Å². The summed E-state index contributed by atoms with van der Waals surface area (Å²) in [6, 6.07) is 7.87. The zero-order chi connectivity index (χ0) is 13.3. The smallest absolute Gasteiger partial charge is 0.122 e. The zero-order valence-corrected chi connectivity index (χ0v) is 13.8. The first-order chi connectivity index (χ1) is 8.52. The van der Waals surface area contributed by atoms with Gasteiger partial charge in [-0.05, 0) is 46.1 Å². The minimum atomic E-state index is -0.215. The van der Waals surface area contributed by atoms with Crippen molar-refractivity contribution < 1.29 is 4.74 Å². The van der Waals surface area contributed by atoms with Gasteiger partial charge in [0, 0.05) is 4.88 Å². The first-order valence-electron chi connectivity index (χ1n) is 5.26. The second kappa shape index (κ2) is 5.83. The van der Waals surface area contributed by atoms with Gasteiger partial charge in [0.05, 0.1) is 21.3 Å². The number of thiophene rings is 1. The Balaban J connectivity index is 2.36. The Bertz CT molecular complexity index is 549. The van der Waals surface area contributed by atoms with E-state index in [1.54, 1.807) is 18.4 Å². The third-order valence-corrected chi connectivity index (χ3v) is 5.79. The molecule has 0 radical (unpaired) electrons. The molecule has 1 heterocycles. The van der Waals surface area contributed by atoms with Crippen molar-refractivity contribution >= 4 is 50.5 Å². The lowest BCUT2D eigenvalue weighted by Gasteiger charge is -2.11. The highest BCUT2D eigenvalue weighted by Gasteiger charge is 2.16. The molecule has 0 bridgehead atoms. The highest BCUT2D eigenvalue weighted by atomic mass is 79.9. The fourth-order valence-electron chi connectivity index (χ4n) is 1.65. The summed E-state index contributed by atoms with van der Waals surface area (Å²) in [6.07, 6.45) is 0. The van der Waals surface area contributed by atoms with Crippen molar-refractivity contribution in [1.82, 2.24) is 0 Å². The van der Waals surface area contributed by atoms with Gasteiger partial charge >= 0.3 is 0 Å². The van der Waals surface area contributed by atoms with Crippen molar-refractivity contribution in [3.63, 3.8) is 0 Å². The number of alkyl halides is 1. The summed E-state index contributed by atoms with van der Waals surface area (Å²) in [7, 11) is 1.66. The molecule has 0 aliphatic rings. The van der Waals surface area contributed by atoms with E-state index in [2.05, 4.69) is 15.9 Å². The van der Waals surface area contributed by atoms with Crippen molar-refractivity contribution in [2.45, 2.75) is 12.3 Å². The average Bonchev–Trinajstić information content (AvgIpc) is 2.69. The molecule has 0 N–H and O–H groups in total. The van der Waals surface area contributed by atoms with E-state index < -0.39 is 0 Å². The molecular weight excluding hydrogens is 355 g/mol. The van der Waals surface area contributed by atoms with Crippen LogP contribution in [-0.2, 0) is 0 Å². The molecule has 1 nitrogen and oxygen atoms in total. The number of hydrogen-bond donors (Lipinski definition) is 0. The summed E-state index contributed by atoms with van der Waals surface area (Å²) in [6.45, 7) is 2.00. The number of aryl methyl sites for hydroxylation is 1. The van der Waals surface area contributed by atoms with Gasteiger partial charge < -0.3 is 4.74 Å². The normalized spacial score (nSPS) is 12.5. The molecule has 0 spiro atoms. The van der Waals surface area contributed by atoms with Gasteiger partial charge in [-0.25, -0.2) is 0 Å². The summed E-state index contributed by atoms with van der Waals surface area (Å²) in [5, 5.41) is 0.480. The molecule has 18 heavy (non-hydrogen) atoms. The van der Waals surface area contributed by atoms with Gasteiger partial charge in [0.25, 0.3) is 0 Å². The number of benzene rings is 1. The highest BCUT2D eigenvalue weighted by molar-refractivity contribution is 9.11. The summed E-state index contributed by atoms with van der Waals surface area (Å²) in [5.41, 5.74) is 2.10. The van der Waals surface area contributed by atoms with Gasteiger partial charge in [0.1, 0.15) is 5.75 Å². The molecule has 2 aromatic rings. The van der Waals surface area contributed by atoms with Crippen LogP contribution >= 0.6 is 50.5 Å². The molecule has 2 rings (SSSR count). The Morgan fingerprint density at radius 1 is 1.33 bits per heavy atom. The van der Waals surface area contributed by atoms with Gasteiger partial charge in [-0.3, -0.25) is 0 Å². The molecule has 0 saturated heterocycles. The third kappa shape index (κ3) is 2.85. The molecule has 96 valence electrons. The minimum absolute atomic E-state index is 0.215. The molecule has 1 atom stereocenters. The van der Waals surface area contributed by atoms with E-state index in [-0.39, 0.29) is 5.38 Å². The lowest BCUT2D eigenvalue weighted by atomic mass is 10.1. The maximum absolute atomic E-state index is 6.47. The molecule has 0 aliphatic heterocycles. The summed E-state index contributed by atoms with van der Waals surface area (Å²) in [5.74, 6) is 0.847. The SMILES string of the molecule is COc1cc(C(Cl)c2cc(Cl)c(Br)s2)ccc1C. The van der Waals surface area contributed by atoms with E-state index in [1.165, 1.54) is 0 Å². The van der Waals surface area contributed by atoms with Crippen LogP contribution in [0.25, 0.3) is 0 Å². The number of hydrogen-bond acceptors (Lipinski definition) is 2. The van der Waals surface area contributed by atoms with Gasteiger partial charge in [-0.2, -0.15) is 0 Å². The van der Waals surface area contributed by atoms with Crippen molar-refractivity contribution in [1.29, 1.82) is 0 Å². The Kier molecular flexibility index (Phi) is 4.59. The van der Waals surface area contributed by atoms with E-state index in [4.69, 9.17) is 27.9 Å². The molecule has 0 aliphatic carbocycles. The zero-order valence-electron chi connectivity index (χ0n) is 9.84. The van der Waals surface area contributed by atoms with Crippen LogP contribution in [0, 0.1) is 6.92 Å². The van der Waals surface area contributed by atoms with E-state index in [1.807, 2.05) is 31.2 Å². The van der Waals surface area contributed by atoms with Gasteiger partial charge in [0.15, 0.2) is 0 Å². The lowest BCUT2D eigenvalue weighted by molar-refractivity contribution is 0.411. The molecule has 0 fully saturated rings. The summed E-state index contributed by atoms with van der Waals surface area (Å²) in [4.78, 5) is 1.01. The number of methoxy groups -OCH3 is 1. The molecule has 1 unspecified atom stereocenters. The van der Waals surface area contributed by atoms with E-state index >= 15 is 0 Å². The number of ether oxygens (including phenoxy) is 1. The quantitative estimate of drug-likeness (QED) is 0.623. The van der Waals surface area contributed by atoms with Gasteiger partial charge in [-0.1, -0.05) is 23.7 Å². The maximum atomic E-state index is 6.47. The Labute approximate surface area is 129 Å². The second-order valence-electron chi connectivity index (χ2n) is 3.86. The van der Waals surface area contributed by atoms with Crippen LogP contribution in [0.3, 0.4) is 0 Å². The summed E-state index contributed by atoms with van der Waals surface area (Å²) >= 11 is 17.4.